The molecular formula is C28H31ClN4O2Si. The number of ketones is 1. The highest BCUT2D eigenvalue weighted by molar-refractivity contribution is 6.74. The second-order valence-electron chi connectivity index (χ2n) is 10.5. The number of nitriles is 2. The summed E-state index contributed by atoms with van der Waals surface area (Å²) in [6.45, 7) is 15.0. The first-order chi connectivity index (χ1) is 16.8. The Labute approximate surface area is 219 Å². The predicted octanol–water partition coefficient (Wildman–Crippen LogP) is 7.03. The number of hydrogen-bond donors (Lipinski definition) is 0. The molecule has 2 aromatic heterocycles. The van der Waals surface area contributed by atoms with Gasteiger partial charge in [-0.2, -0.15) is 10.5 Å². The smallest absolute Gasteiger partial charge is 0.192 e. The maximum Gasteiger partial charge on any atom is 0.192 e. The van der Waals surface area contributed by atoms with Gasteiger partial charge in [0, 0.05) is 36.5 Å². The van der Waals surface area contributed by atoms with Gasteiger partial charge in [0.05, 0.1) is 23.8 Å². The predicted molar refractivity (Wildman–Crippen MR) is 144 cm³/mol. The summed E-state index contributed by atoms with van der Waals surface area (Å²) in [5.41, 5.74) is 5.11. The van der Waals surface area contributed by atoms with Crippen LogP contribution in [-0.2, 0) is 17.6 Å². The van der Waals surface area contributed by atoms with E-state index in [2.05, 4.69) is 51.0 Å². The summed E-state index contributed by atoms with van der Waals surface area (Å²) in [4.78, 5) is 17.1. The quantitative estimate of drug-likeness (QED) is 0.190. The fraction of sp³-hybridized carbons (Fsp3) is 0.357. The fourth-order valence-electron chi connectivity index (χ4n) is 3.86. The van der Waals surface area contributed by atoms with Gasteiger partial charge in [-0.05, 0) is 54.4 Å². The molecule has 0 aliphatic rings. The molecule has 0 saturated heterocycles. The van der Waals surface area contributed by atoms with Gasteiger partial charge in [0.2, 0.25) is 0 Å². The summed E-state index contributed by atoms with van der Waals surface area (Å²) in [6, 6.07) is 13.3. The topological polar surface area (TPSA) is 91.7 Å². The Balaban J connectivity index is 2.04. The van der Waals surface area contributed by atoms with Crippen molar-refractivity contribution in [2.75, 3.05) is 0 Å². The molecule has 0 saturated carbocycles. The molecule has 2 heterocycles. The Bertz CT molecular complexity index is 1390. The lowest BCUT2D eigenvalue weighted by atomic mass is 9.99. The lowest BCUT2D eigenvalue weighted by Crippen LogP contribution is -2.40. The van der Waals surface area contributed by atoms with Gasteiger partial charge < -0.3 is 8.99 Å². The second-order valence-corrected chi connectivity index (χ2v) is 15.6. The zero-order chi connectivity index (χ0) is 26.8. The van der Waals surface area contributed by atoms with Crippen LogP contribution in [0.3, 0.4) is 0 Å². The van der Waals surface area contributed by atoms with E-state index < -0.39 is 8.32 Å². The molecule has 0 spiro atoms. The summed E-state index contributed by atoms with van der Waals surface area (Å²) >= 11 is 6.41. The monoisotopic (exact) mass is 518 g/mol. The van der Waals surface area contributed by atoms with E-state index in [0.29, 0.717) is 40.7 Å². The van der Waals surface area contributed by atoms with Crippen LogP contribution >= 0.6 is 11.6 Å². The van der Waals surface area contributed by atoms with Gasteiger partial charge in [0.1, 0.15) is 16.9 Å². The molecule has 6 nitrogen and oxygen atoms in total. The SMILES string of the molecule is CC(=O)c1c(C#N)c(-c2ccc(C#N)cc2)c(C)n1Cc1cnc(Cl)c(CO[Si](C)(C)C(C)(C)C)c1. The second kappa shape index (κ2) is 10.4. The first-order valence-corrected chi connectivity index (χ1v) is 15.0. The molecule has 0 amide bonds. The van der Waals surface area contributed by atoms with Crippen molar-refractivity contribution in [2.24, 2.45) is 0 Å². The molecule has 0 bridgehead atoms. The highest BCUT2D eigenvalue weighted by Gasteiger charge is 2.37. The zero-order valence-corrected chi connectivity index (χ0v) is 23.6. The van der Waals surface area contributed by atoms with Gasteiger partial charge in [0.25, 0.3) is 0 Å². The van der Waals surface area contributed by atoms with Crippen LogP contribution in [0.4, 0.5) is 0 Å². The van der Waals surface area contributed by atoms with Crippen molar-refractivity contribution < 1.29 is 9.22 Å². The highest BCUT2D eigenvalue weighted by Crippen LogP contribution is 2.38. The molecule has 0 unspecified atom stereocenters. The Hall–Kier alpha value is -3.23. The van der Waals surface area contributed by atoms with Crippen molar-refractivity contribution in [3.63, 3.8) is 0 Å². The number of carbonyl (C=O) groups excluding carboxylic acids is 1. The molecule has 186 valence electrons. The molecule has 0 radical (unpaired) electrons. The maximum atomic E-state index is 12.7. The number of Topliss-reactive ketones (excluding diaryl/α,β-unsaturated/α-hetero) is 1. The van der Waals surface area contributed by atoms with Crippen LogP contribution in [0.15, 0.2) is 36.5 Å². The third-order valence-electron chi connectivity index (χ3n) is 6.98. The Morgan fingerprint density at radius 2 is 1.81 bits per heavy atom. The summed E-state index contributed by atoms with van der Waals surface area (Å²) < 4.78 is 8.22. The van der Waals surface area contributed by atoms with Crippen LogP contribution in [-0.4, -0.2) is 23.7 Å². The van der Waals surface area contributed by atoms with Crippen LogP contribution in [0.1, 0.15) is 66.1 Å². The van der Waals surface area contributed by atoms with Crippen molar-refractivity contribution in [2.45, 2.75) is 65.9 Å². The number of benzene rings is 1. The Kier molecular flexibility index (Phi) is 7.90. The van der Waals surface area contributed by atoms with E-state index in [4.69, 9.17) is 21.3 Å². The number of hydrogen-bond acceptors (Lipinski definition) is 5. The molecule has 0 N–H and O–H groups in total. The standard InChI is InChI=1S/C28H31ClN4O2Si/c1-18-25(22-10-8-20(13-30)9-11-22)24(14-31)26(19(2)34)33(18)16-21-12-23(27(29)32-15-21)17-35-36(6,7)28(3,4)5/h8-12,15H,16-17H2,1-7H3. The minimum Gasteiger partial charge on any atom is -0.412 e. The zero-order valence-electron chi connectivity index (χ0n) is 21.9. The number of carbonyl (C=O) groups is 1. The lowest BCUT2D eigenvalue weighted by molar-refractivity contribution is 0.100. The van der Waals surface area contributed by atoms with E-state index in [9.17, 15) is 10.1 Å². The molecule has 36 heavy (non-hydrogen) atoms. The van der Waals surface area contributed by atoms with Gasteiger partial charge in [-0.25, -0.2) is 4.98 Å². The number of pyridine rings is 1. The molecule has 0 aliphatic carbocycles. The van der Waals surface area contributed by atoms with E-state index in [1.807, 2.05) is 17.6 Å². The minimum absolute atomic E-state index is 0.0681. The van der Waals surface area contributed by atoms with Crippen molar-refractivity contribution in [3.8, 4) is 23.3 Å². The maximum absolute atomic E-state index is 12.7. The van der Waals surface area contributed by atoms with Gasteiger partial charge in [-0.3, -0.25) is 4.79 Å². The number of nitrogens with zero attached hydrogens (tertiary/aromatic N) is 4. The van der Waals surface area contributed by atoms with E-state index in [-0.39, 0.29) is 10.8 Å². The van der Waals surface area contributed by atoms with E-state index in [1.165, 1.54) is 6.92 Å². The largest absolute Gasteiger partial charge is 0.412 e. The van der Waals surface area contributed by atoms with Crippen LogP contribution in [0.25, 0.3) is 11.1 Å². The van der Waals surface area contributed by atoms with Crippen molar-refractivity contribution in [1.29, 1.82) is 10.5 Å². The average molecular weight is 519 g/mol. The van der Waals surface area contributed by atoms with E-state index >= 15 is 0 Å². The number of halogens is 1. The first-order valence-electron chi connectivity index (χ1n) is 11.7. The molecule has 8 heteroatoms. The van der Waals surface area contributed by atoms with Crippen LogP contribution in [0.5, 0.6) is 0 Å². The molecule has 0 aliphatic heterocycles. The van der Waals surface area contributed by atoms with Crippen molar-refractivity contribution in [1.82, 2.24) is 9.55 Å². The summed E-state index contributed by atoms with van der Waals surface area (Å²) in [6.07, 6.45) is 1.69. The van der Waals surface area contributed by atoms with Gasteiger partial charge in [-0.15, -0.1) is 0 Å². The average Bonchev–Trinajstić information content (AvgIpc) is 3.10. The van der Waals surface area contributed by atoms with Crippen LogP contribution in [0.2, 0.25) is 23.3 Å². The first kappa shape index (κ1) is 27.4. The van der Waals surface area contributed by atoms with Crippen LogP contribution in [0, 0.1) is 29.6 Å². The number of rotatable bonds is 7. The van der Waals surface area contributed by atoms with Gasteiger partial charge in [0.15, 0.2) is 14.1 Å². The summed E-state index contributed by atoms with van der Waals surface area (Å²) in [7, 11) is -1.98. The lowest BCUT2D eigenvalue weighted by Gasteiger charge is -2.36. The summed E-state index contributed by atoms with van der Waals surface area (Å²) in [5.74, 6) is -0.196. The fourth-order valence-corrected chi connectivity index (χ4v) is 4.97. The van der Waals surface area contributed by atoms with Crippen LogP contribution < -0.4 is 0 Å². The molecule has 3 rings (SSSR count). The third kappa shape index (κ3) is 5.44. The van der Waals surface area contributed by atoms with E-state index in [1.54, 1.807) is 30.5 Å². The highest BCUT2D eigenvalue weighted by atomic mass is 35.5. The Morgan fingerprint density at radius 1 is 1.17 bits per heavy atom. The molecule has 1 aromatic carbocycles. The number of aromatic nitrogens is 2. The van der Waals surface area contributed by atoms with E-state index in [0.717, 1.165) is 22.4 Å². The molecule has 0 atom stereocenters. The third-order valence-corrected chi connectivity index (χ3v) is 11.8. The molecule has 3 aromatic rings. The van der Waals surface area contributed by atoms with Gasteiger partial charge >= 0.3 is 0 Å². The molecular weight excluding hydrogens is 488 g/mol. The molecule has 0 fully saturated rings. The minimum atomic E-state index is -1.98. The Morgan fingerprint density at radius 3 is 2.33 bits per heavy atom. The normalized spacial score (nSPS) is 11.7. The van der Waals surface area contributed by atoms with Crippen molar-refractivity contribution in [3.05, 3.63) is 75.3 Å². The van der Waals surface area contributed by atoms with Crippen molar-refractivity contribution >= 4 is 25.7 Å². The summed E-state index contributed by atoms with van der Waals surface area (Å²) in [5, 5.41) is 19.6. The van der Waals surface area contributed by atoms with Gasteiger partial charge in [-0.1, -0.05) is 44.5 Å².